The van der Waals surface area contributed by atoms with E-state index in [9.17, 15) is 14.3 Å². The molecule has 1 amide bonds. The summed E-state index contributed by atoms with van der Waals surface area (Å²) in [5.41, 5.74) is 0.000353. The summed E-state index contributed by atoms with van der Waals surface area (Å²) in [6, 6.07) is 3.65. The van der Waals surface area contributed by atoms with Gasteiger partial charge >= 0.3 is 0 Å². The number of halogens is 1. The maximum atomic E-state index is 13.8. The van der Waals surface area contributed by atoms with Gasteiger partial charge in [-0.15, -0.1) is 0 Å². The van der Waals surface area contributed by atoms with Gasteiger partial charge < -0.3 is 15.2 Å². The molecule has 9 heteroatoms. The predicted octanol–water partition coefficient (Wildman–Crippen LogP) is 2.87. The van der Waals surface area contributed by atoms with E-state index >= 15 is 0 Å². The minimum Gasteiger partial charge on any atom is -0.507 e. The number of guanidine groups is 1. The second-order valence-corrected chi connectivity index (χ2v) is 7.31. The first-order valence-electron chi connectivity index (χ1n) is 8.79. The topological polar surface area (TPSA) is 100 Å². The van der Waals surface area contributed by atoms with Gasteiger partial charge in [-0.2, -0.15) is 4.39 Å². The number of nitrogens with zero attached hydrogens (tertiary/aromatic N) is 3. The van der Waals surface area contributed by atoms with Crippen LogP contribution < -0.4 is 15.4 Å². The van der Waals surface area contributed by atoms with Gasteiger partial charge in [0, 0.05) is 35.7 Å². The van der Waals surface area contributed by atoms with Crippen LogP contribution in [-0.4, -0.2) is 42.2 Å². The molecule has 0 unspecified atom stereocenters. The van der Waals surface area contributed by atoms with E-state index in [0.29, 0.717) is 13.1 Å². The zero-order chi connectivity index (χ0) is 21.2. The lowest BCUT2D eigenvalue weighted by atomic mass is 9.93. The van der Waals surface area contributed by atoms with E-state index in [-0.39, 0.29) is 45.3 Å². The van der Waals surface area contributed by atoms with E-state index in [1.165, 1.54) is 19.2 Å². The van der Waals surface area contributed by atoms with Gasteiger partial charge in [0.05, 0.1) is 25.4 Å². The van der Waals surface area contributed by atoms with Crippen molar-refractivity contribution in [3.05, 3.63) is 47.3 Å². The Morgan fingerprint density at radius 3 is 2.83 bits per heavy atom. The van der Waals surface area contributed by atoms with E-state index in [0.717, 1.165) is 12.3 Å². The fourth-order valence-corrected chi connectivity index (χ4v) is 2.93. The molecule has 3 rings (SSSR count). The van der Waals surface area contributed by atoms with Crippen molar-refractivity contribution in [2.24, 2.45) is 10.4 Å². The Labute approximate surface area is 167 Å². The van der Waals surface area contributed by atoms with Crippen LogP contribution >= 0.6 is 0 Å². The number of aromatic nitrogens is 1. The van der Waals surface area contributed by atoms with E-state index < -0.39 is 11.9 Å². The standard InChI is InChI=1S/C20H20FN5O3/c1-20(2)9-24-19(25-10-20)26-18(28)17-13(27)6-5-12(22-3)16(17)11-7-15(21)23-8-14(11)29-4/h5-8,27H,9-10H2,1-2,4H3,(H2,24,25,26,28). The second-order valence-electron chi connectivity index (χ2n) is 7.31. The Hall–Kier alpha value is -3.67. The molecule has 1 aliphatic heterocycles. The molecule has 8 nitrogen and oxygen atoms in total. The minimum absolute atomic E-state index is 0.0481. The number of aromatic hydroxyl groups is 1. The van der Waals surface area contributed by atoms with E-state index in [1.54, 1.807) is 0 Å². The van der Waals surface area contributed by atoms with Crippen LogP contribution in [0.5, 0.6) is 11.5 Å². The van der Waals surface area contributed by atoms with Crippen molar-refractivity contribution in [2.75, 3.05) is 20.2 Å². The van der Waals surface area contributed by atoms with Crippen LogP contribution in [0.4, 0.5) is 10.1 Å². The number of carbonyl (C=O) groups excluding carboxylic acids is 1. The highest BCUT2D eigenvalue weighted by Gasteiger charge is 2.27. The molecule has 29 heavy (non-hydrogen) atoms. The van der Waals surface area contributed by atoms with Crippen molar-refractivity contribution < 1.29 is 19.0 Å². The number of nitrogens with one attached hydrogen (secondary N) is 2. The van der Waals surface area contributed by atoms with Gasteiger partial charge in [-0.25, -0.2) is 9.83 Å². The van der Waals surface area contributed by atoms with Gasteiger partial charge in [0.1, 0.15) is 11.5 Å². The first kappa shape index (κ1) is 20.1. The highest BCUT2D eigenvalue weighted by Crippen LogP contribution is 2.42. The molecule has 1 aromatic carbocycles. The lowest BCUT2D eigenvalue weighted by Gasteiger charge is -2.29. The van der Waals surface area contributed by atoms with Crippen molar-refractivity contribution in [3.8, 4) is 22.6 Å². The summed E-state index contributed by atoms with van der Waals surface area (Å²) < 4.78 is 19.1. The van der Waals surface area contributed by atoms with Crippen LogP contribution in [0.2, 0.25) is 0 Å². The van der Waals surface area contributed by atoms with Crippen LogP contribution in [-0.2, 0) is 0 Å². The third kappa shape index (κ3) is 4.11. The number of amides is 1. The van der Waals surface area contributed by atoms with Crippen LogP contribution in [0, 0.1) is 17.9 Å². The number of carbonyl (C=O) groups is 1. The summed E-state index contributed by atoms with van der Waals surface area (Å²) in [6.07, 6.45) is 1.15. The molecule has 3 N–H and O–H groups in total. The maximum Gasteiger partial charge on any atom is 0.261 e. The normalized spacial score (nSPS) is 14.9. The molecule has 150 valence electrons. The predicted molar refractivity (Wildman–Crippen MR) is 106 cm³/mol. The fraction of sp³-hybridized carbons (Fsp3) is 0.300. The number of aliphatic imine (C=N–C) groups is 1. The summed E-state index contributed by atoms with van der Waals surface area (Å²) in [6.45, 7) is 12.6. The molecular weight excluding hydrogens is 377 g/mol. The first-order chi connectivity index (χ1) is 13.8. The summed E-state index contributed by atoms with van der Waals surface area (Å²) >= 11 is 0. The average molecular weight is 397 g/mol. The Morgan fingerprint density at radius 1 is 1.45 bits per heavy atom. The van der Waals surface area contributed by atoms with Gasteiger partial charge in [0.2, 0.25) is 5.95 Å². The number of benzene rings is 1. The number of ether oxygens (including phenoxy) is 1. The van der Waals surface area contributed by atoms with Gasteiger partial charge in [0.25, 0.3) is 5.91 Å². The van der Waals surface area contributed by atoms with Crippen molar-refractivity contribution in [2.45, 2.75) is 13.8 Å². The molecule has 0 atom stereocenters. The number of pyridine rings is 1. The largest absolute Gasteiger partial charge is 0.507 e. The smallest absolute Gasteiger partial charge is 0.261 e. The fourth-order valence-electron chi connectivity index (χ4n) is 2.93. The number of phenols is 1. The van der Waals surface area contributed by atoms with Gasteiger partial charge in [-0.1, -0.05) is 19.9 Å². The SMILES string of the molecule is [C-]#[N+]c1ccc(O)c(C(=O)NC2=NCC(C)(C)CN2)c1-c1cc(F)ncc1OC. The Morgan fingerprint density at radius 2 is 2.21 bits per heavy atom. The molecule has 0 bridgehead atoms. The van der Waals surface area contributed by atoms with E-state index in [2.05, 4.69) is 25.5 Å². The lowest BCUT2D eigenvalue weighted by molar-refractivity contribution is 0.0972. The number of hydrogen-bond acceptors (Lipinski definition) is 6. The first-order valence-corrected chi connectivity index (χ1v) is 8.79. The van der Waals surface area contributed by atoms with Crippen LogP contribution in [0.25, 0.3) is 16.0 Å². The van der Waals surface area contributed by atoms with E-state index in [1.807, 2.05) is 13.8 Å². The van der Waals surface area contributed by atoms with Gasteiger partial charge in [0.15, 0.2) is 11.6 Å². The number of rotatable bonds is 3. The average Bonchev–Trinajstić information content (AvgIpc) is 2.69. The molecule has 0 aliphatic carbocycles. The molecule has 1 aliphatic rings. The molecule has 0 saturated heterocycles. The molecule has 0 fully saturated rings. The van der Waals surface area contributed by atoms with Crippen LogP contribution in [0.3, 0.4) is 0 Å². The third-order valence-electron chi connectivity index (χ3n) is 4.46. The second kappa shape index (κ2) is 7.75. The summed E-state index contributed by atoms with van der Waals surface area (Å²) in [5, 5.41) is 16.1. The van der Waals surface area contributed by atoms with Crippen molar-refractivity contribution in [3.63, 3.8) is 0 Å². The molecule has 1 aromatic heterocycles. The summed E-state index contributed by atoms with van der Waals surface area (Å²) in [7, 11) is 1.36. The zero-order valence-electron chi connectivity index (χ0n) is 16.2. The molecule has 2 heterocycles. The van der Waals surface area contributed by atoms with Gasteiger partial charge in [-0.05, 0) is 6.07 Å². The van der Waals surface area contributed by atoms with Crippen LogP contribution in [0.15, 0.2) is 29.4 Å². The molecule has 0 saturated carbocycles. The molecule has 0 radical (unpaired) electrons. The highest BCUT2D eigenvalue weighted by atomic mass is 19.1. The van der Waals surface area contributed by atoms with Crippen molar-refractivity contribution >= 4 is 17.6 Å². The van der Waals surface area contributed by atoms with Crippen LogP contribution in [0.1, 0.15) is 24.2 Å². The molecular formula is C20H20FN5O3. The molecule has 2 aromatic rings. The van der Waals surface area contributed by atoms with Gasteiger partial charge in [-0.3, -0.25) is 15.1 Å². The highest BCUT2D eigenvalue weighted by molar-refractivity contribution is 6.13. The summed E-state index contributed by atoms with van der Waals surface area (Å²) in [5.74, 6) is -1.44. The lowest BCUT2D eigenvalue weighted by Crippen LogP contribution is -2.49. The Balaban J connectivity index is 2.11. The Kier molecular flexibility index (Phi) is 5.37. The Bertz CT molecular complexity index is 1040. The monoisotopic (exact) mass is 397 g/mol. The van der Waals surface area contributed by atoms with Crippen molar-refractivity contribution in [1.29, 1.82) is 0 Å². The molecule has 0 spiro atoms. The third-order valence-corrected chi connectivity index (χ3v) is 4.46. The zero-order valence-corrected chi connectivity index (χ0v) is 16.2. The van der Waals surface area contributed by atoms with E-state index in [4.69, 9.17) is 11.3 Å². The number of phenolic OH excluding ortho intramolecular Hbond substituents is 1. The number of hydrogen-bond donors (Lipinski definition) is 3. The maximum absolute atomic E-state index is 13.8. The number of methoxy groups -OCH3 is 1. The quantitative estimate of drug-likeness (QED) is 0.546. The minimum atomic E-state index is -0.813. The summed E-state index contributed by atoms with van der Waals surface area (Å²) in [4.78, 5) is 24.3. The van der Waals surface area contributed by atoms with Crippen molar-refractivity contribution in [1.82, 2.24) is 15.6 Å².